The fraction of sp³-hybridized carbons (Fsp3) is 0.615. The molecule has 2 rings (SSSR count). The number of rotatable bonds is 4. The molecular weight excluding hydrogens is 382 g/mol. The molecule has 1 fully saturated rings. The Morgan fingerprint density at radius 1 is 1.38 bits per heavy atom. The molecule has 8 heteroatoms. The zero-order valence-electron chi connectivity index (χ0n) is 12.2. The van der Waals surface area contributed by atoms with Gasteiger partial charge < -0.3 is 9.73 Å². The van der Waals surface area contributed by atoms with Gasteiger partial charge in [0.2, 0.25) is 0 Å². The summed E-state index contributed by atoms with van der Waals surface area (Å²) in [6.07, 6.45) is 0. The van der Waals surface area contributed by atoms with Crippen molar-refractivity contribution in [2.45, 2.75) is 32.6 Å². The maximum absolute atomic E-state index is 12.0. The first-order chi connectivity index (χ1) is 9.39. The molecule has 21 heavy (non-hydrogen) atoms. The summed E-state index contributed by atoms with van der Waals surface area (Å²) in [5.41, 5.74) is 0.323. The first-order valence-electron chi connectivity index (χ1n) is 6.41. The first kappa shape index (κ1) is 16.8. The quantitative estimate of drug-likeness (QED) is 0.789. The van der Waals surface area contributed by atoms with Gasteiger partial charge in [-0.05, 0) is 32.7 Å². The van der Waals surface area contributed by atoms with Gasteiger partial charge in [0.1, 0.15) is 4.90 Å². The first-order valence-corrected chi connectivity index (χ1v) is 9.51. The largest absolute Gasteiger partial charge is 0.443 e. The van der Waals surface area contributed by atoms with Crippen molar-refractivity contribution < 1.29 is 17.6 Å². The lowest BCUT2D eigenvalue weighted by atomic mass is 10.0. The van der Waals surface area contributed by atoms with Crippen LogP contribution in [0.5, 0.6) is 0 Å². The molecule has 1 aromatic heterocycles. The highest BCUT2D eigenvalue weighted by atomic mass is 79.9. The van der Waals surface area contributed by atoms with E-state index >= 15 is 0 Å². The Balaban J connectivity index is 2.06. The minimum absolute atomic E-state index is 0.0743. The Bertz CT molecular complexity index is 679. The number of carbonyl (C=O) groups is 1. The van der Waals surface area contributed by atoms with Gasteiger partial charge in [0.05, 0.1) is 0 Å². The molecule has 1 N–H and O–H groups in total. The molecule has 1 amide bonds. The maximum Gasteiger partial charge on any atom is 0.287 e. The predicted molar refractivity (Wildman–Crippen MR) is 82.8 cm³/mol. The Hall–Kier alpha value is -0.530. The van der Waals surface area contributed by atoms with Gasteiger partial charge in [0.15, 0.2) is 10.4 Å². The van der Waals surface area contributed by atoms with Crippen LogP contribution in [-0.2, 0) is 9.05 Å². The highest BCUT2D eigenvalue weighted by molar-refractivity contribution is 9.10. The van der Waals surface area contributed by atoms with Crippen LogP contribution in [-0.4, -0.2) is 20.9 Å². The molecule has 1 heterocycles. The van der Waals surface area contributed by atoms with Gasteiger partial charge >= 0.3 is 0 Å². The summed E-state index contributed by atoms with van der Waals surface area (Å²) in [5.74, 6) is -0.179. The van der Waals surface area contributed by atoms with E-state index in [9.17, 15) is 13.2 Å². The molecule has 0 atom stereocenters. The van der Waals surface area contributed by atoms with E-state index in [1.165, 1.54) is 0 Å². The smallest absolute Gasteiger partial charge is 0.287 e. The Kier molecular flexibility index (Phi) is 4.00. The van der Waals surface area contributed by atoms with Gasteiger partial charge in [-0.2, -0.15) is 0 Å². The molecule has 0 saturated heterocycles. The highest BCUT2D eigenvalue weighted by Crippen LogP contribution is 2.67. The van der Waals surface area contributed by atoms with E-state index in [4.69, 9.17) is 15.1 Å². The van der Waals surface area contributed by atoms with Crippen LogP contribution in [0.4, 0.5) is 0 Å². The van der Waals surface area contributed by atoms with Gasteiger partial charge in [-0.15, -0.1) is 0 Å². The van der Waals surface area contributed by atoms with Crippen molar-refractivity contribution in [2.75, 3.05) is 6.54 Å². The number of hydrogen-bond donors (Lipinski definition) is 1. The molecule has 0 spiro atoms. The maximum atomic E-state index is 12.0. The van der Waals surface area contributed by atoms with E-state index in [2.05, 4.69) is 48.9 Å². The number of halogens is 2. The van der Waals surface area contributed by atoms with E-state index in [1.807, 2.05) is 0 Å². The lowest BCUT2D eigenvalue weighted by Crippen LogP contribution is -2.26. The van der Waals surface area contributed by atoms with Gasteiger partial charge in [-0.25, -0.2) is 8.42 Å². The topological polar surface area (TPSA) is 76.4 Å². The summed E-state index contributed by atoms with van der Waals surface area (Å²) in [5, 5.41) is 2.77. The van der Waals surface area contributed by atoms with Crippen molar-refractivity contribution in [2.24, 2.45) is 16.7 Å². The van der Waals surface area contributed by atoms with Crippen LogP contribution in [0.3, 0.4) is 0 Å². The normalized spacial score (nSPS) is 20.3. The number of carbonyl (C=O) groups excluding carboxylic acids is 1. The highest BCUT2D eigenvalue weighted by Gasteiger charge is 2.64. The van der Waals surface area contributed by atoms with Gasteiger partial charge in [0.25, 0.3) is 15.0 Å². The molecule has 1 aliphatic carbocycles. The third-order valence-electron chi connectivity index (χ3n) is 4.93. The molecule has 0 aliphatic heterocycles. The second-order valence-electron chi connectivity index (χ2n) is 6.39. The van der Waals surface area contributed by atoms with Crippen molar-refractivity contribution in [3.63, 3.8) is 0 Å². The second-order valence-corrected chi connectivity index (χ2v) is 9.65. The van der Waals surface area contributed by atoms with E-state index in [0.29, 0.717) is 12.5 Å². The van der Waals surface area contributed by atoms with E-state index in [-0.39, 0.29) is 26.2 Å². The summed E-state index contributed by atoms with van der Waals surface area (Å²) in [6, 6.07) is 1.12. The minimum Gasteiger partial charge on any atom is -0.443 e. The molecule has 0 aromatic carbocycles. The third-order valence-corrected chi connectivity index (χ3v) is 7.11. The molecule has 1 saturated carbocycles. The lowest BCUT2D eigenvalue weighted by molar-refractivity contribution is 0.0921. The molecule has 5 nitrogen and oxygen atoms in total. The van der Waals surface area contributed by atoms with Crippen molar-refractivity contribution in [1.29, 1.82) is 0 Å². The lowest BCUT2D eigenvalue weighted by Gasteiger charge is -2.04. The fourth-order valence-corrected chi connectivity index (χ4v) is 4.79. The zero-order valence-corrected chi connectivity index (χ0v) is 15.3. The van der Waals surface area contributed by atoms with Crippen LogP contribution in [0.2, 0.25) is 0 Å². The summed E-state index contributed by atoms with van der Waals surface area (Å²) in [7, 11) is 1.29. The van der Waals surface area contributed by atoms with E-state index in [0.717, 1.165) is 6.07 Å². The molecule has 118 valence electrons. The van der Waals surface area contributed by atoms with Crippen LogP contribution in [0, 0.1) is 16.7 Å². The number of nitrogens with one attached hydrogen (secondary N) is 1. The molecule has 0 bridgehead atoms. The number of hydrogen-bond acceptors (Lipinski definition) is 4. The predicted octanol–water partition coefficient (Wildman–Crippen LogP) is 3.38. The van der Waals surface area contributed by atoms with Crippen LogP contribution in [0.25, 0.3) is 0 Å². The van der Waals surface area contributed by atoms with Crippen LogP contribution < -0.4 is 5.32 Å². The van der Waals surface area contributed by atoms with E-state index < -0.39 is 15.0 Å². The molecule has 0 unspecified atom stereocenters. The second kappa shape index (κ2) is 4.99. The average Bonchev–Trinajstić information content (AvgIpc) is 2.63. The van der Waals surface area contributed by atoms with Crippen LogP contribution in [0.1, 0.15) is 38.2 Å². The summed E-state index contributed by atoms with van der Waals surface area (Å²) in [4.78, 5) is 11.8. The van der Waals surface area contributed by atoms with Crippen molar-refractivity contribution in [3.05, 3.63) is 16.5 Å². The number of amides is 1. The van der Waals surface area contributed by atoms with E-state index in [1.54, 1.807) is 0 Å². The summed E-state index contributed by atoms with van der Waals surface area (Å²) >= 11 is 2.94. The SMILES string of the molecule is CC1(C)C(CNC(=O)c2cc(S(=O)(=O)Cl)c(Br)o2)C1(C)C. The van der Waals surface area contributed by atoms with Crippen LogP contribution in [0.15, 0.2) is 20.0 Å². The van der Waals surface area contributed by atoms with Gasteiger partial charge in [-0.1, -0.05) is 27.7 Å². The third kappa shape index (κ3) is 2.87. The number of furan rings is 1. The monoisotopic (exact) mass is 397 g/mol. The Labute approximate surface area is 137 Å². The fourth-order valence-electron chi connectivity index (χ4n) is 2.76. The molecular formula is C13H17BrClNO4S. The Morgan fingerprint density at radius 2 is 1.90 bits per heavy atom. The minimum atomic E-state index is -3.95. The summed E-state index contributed by atoms with van der Waals surface area (Å²) < 4.78 is 27.6. The van der Waals surface area contributed by atoms with Crippen LogP contribution >= 0.6 is 26.6 Å². The van der Waals surface area contributed by atoms with Crippen molar-refractivity contribution >= 4 is 41.6 Å². The van der Waals surface area contributed by atoms with Crippen molar-refractivity contribution in [1.82, 2.24) is 5.32 Å². The summed E-state index contributed by atoms with van der Waals surface area (Å²) in [6.45, 7) is 9.15. The van der Waals surface area contributed by atoms with Gasteiger partial charge in [0, 0.05) is 23.3 Å². The molecule has 1 aliphatic rings. The van der Waals surface area contributed by atoms with Gasteiger partial charge in [-0.3, -0.25) is 4.79 Å². The standard InChI is InChI=1S/C13H17BrClNO4S/c1-12(2)9(13(12,3)4)6-16-11(17)7-5-8(10(14)20-7)21(15,18)19/h5,9H,6H2,1-4H3,(H,16,17). The Morgan fingerprint density at radius 3 is 2.29 bits per heavy atom. The molecule has 0 radical (unpaired) electrons. The van der Waals surface area contributed by atoms with Crippen molar-refractivity contribution in [3.8, 4) is 0 Å². The zero-order chi connectivity index (χ0) is 16.2. The molecule has 1 aromatic rings. The average molecular weight is 399 g/mol.